The minimum Gasteiger partial charge on any atom is -0.493 e. The fourth-order valence-corrected chi connectivity index (χ4v) is 1.90. The molecule has 108 valence electrons. The second kappa shape index (κ2) is 7.14. The van der Waals surface area contributed by atoms with Gasteiger partial charge in [0.1, 0.15) is 24.4 Å². The lowest BCUT2D eigenvalue weighted by molar-refractivity contribution is 0.281. The van der Waals surface area contributed by atoms with E-state index in [9.17, 15) is 0 Å². The van der Waals surface area contributed by atoms with Gasteiger partial charge in [-0.25, -0.2) is 4.98 Å². The Balaban J connectivity index is 2.09. The third-order valence-electron chi connectivity index (χ3n) is 2.82. The number of hydrogen-bond acceptors (Lipinski definition) is 4. The van der Waals surface area contributed by atoms with E-state index in [0.717, 1.165) is 29.3 Å². The lowest BCUT2D eigenvalue weighted by Crippen LogP contribution is -2.05. The number of benzene rings is 1. The predicted molar refractivity (Wildman–Crippen MR) is 77.1 cm³/mol. The average Bonchev–Trinajstić information content (AvgIpc) is 2.88. The maximum atomic E-state index is 5.93. The number of hydrogen-bond donors (Lipinski definition) is 0. The summed E-state index contributed by atoms with van der Waals surface area (Å²) in [5.74, 6) is 2.65. The fraction of sp³-hybridized carbons (Fsp3) is 0.429. The fourth-order valence-electron chi connectivity index (χ4n) is 1.68. The van der Waals surface area contributed by atoms with Crippen LogP contribution in [0.4, 0.5) is 0 Å². The summed E-state index contributed by atoms with van der Waals surface area (Å²) in [4.78, 5) is 4.12. The van der Waals surface area contributed by atoms with E-state index in [-0.39, 0.29) is 0 Å². The van der Waals surface area contributed by atoms with Crippen LogP contribution < -0.4 is 9.47 Å². The van der Waals surface area contributed by atoms with Crippen LogP contribution in [0, 0.1) is 0 Å². The van der Waals surface area contributed by atoms with Gasteiger partial charge < -0.3 is 9.47 Å². The van der Waals surface area contributed by atoms with Crippen molar-refractivity contribution in [1.82, 2.24) is 14.8 Å². The third-order valence-corrected chi connectivity index (χ3v) is 3.11. The smallest absolute Gasteiger partial charge is 0.164 e. The molecule has 0 radical (unpaired) electrons. The van der Waals surface area contributed by atoms with E-state index in [1.807, 2.05) is 25.2 Å². The van der Waals surface area contributed by atoms with Crippen LogP contribution in [0.25, 0.3) is 0 Å². The third kappa shape index (κ3) is 3.63. The standard InChI is InChI=1S/C14H18ClN3O2/c1-3-6-19-12-5-4-11(8-15)13(7-12)20-9-14-16-10-17-18(14)2/h4-5,7,10H,3,6,8-9H2,1-2H3. The first kappa shape index (κ1) is 14.7. The minimum absolute atomic E-state index is 0.345. The normalized spacial score (nSPS) is 10.6. The molecule has 20 heavy (non-hydrogen) atoms. The van der Waals surface area contributed by atoms with Crippen LogP contribution in [-0.4, -0.2) is 21.4 Å². The Hall–Kier alpha value is -1.75. The number of halogens is 1. The molecular weight excluding hydrogens is 278 g/mol. The van der Waals surface area contributed by atoms with E-state index in [1.54, 1.807) is 4.68 Å². The zero-order chi connectivity index (χ0) is 14.4. The first-order valence-corrected chi connectivity index (χ1v) is 7.05. The molecule has 0 aliphatic rings. The molecule has 0 amide bonds. The van der Waals surface area contributed by atoms with E-state index in [4.69, 9.17) is 21.1 Å². The number of rotatable bonds is 7. The maximum Gasteiger partial charge on any atom is 0.164 e. The van der Waals surface area contributed by atoms with Crippen molar-refractivity contribution in [1.29, 1.82) is 0 Å². The molecule has 0 saturated carbocycles. The molecule has 0 atom stereocenters. The highest BCUT2D eigenvalue weighted by Gasteiger charge is 2.08. The molecular formula is C14H18ClN3O2. The summed E-state index contributed by atoms with van der Waals surface area (Å²) in [6.07, 6.45) is 2.47. The minimum atomic E-state index is 0.345. The van der Waals surface area contributed by atoms with Gasteiger partial charge >= 0.3 is 0 Å². The van der Waals surface area contributed by atoms with E-state index >= 15 is 0 Å². The van der Waals surface area contributed by atoms with Crippen LogP contribution >= 0.6 is 11.6 Å². The van der Waals surface area contributed by atoms with Crippen molar-refractivity contribution in [3.63, 3.8) is 0 Å². The van der Waals surface area contributed by atoms with Gasteiger partial charge in [-0.1, -0.05) is 13.0 Å². The van der Waals surface area contributed by atoms with Crippen LogP contribution in [0.15, 0.2) is 24.5 Å². The molecule has 0 aliphatic heterocycles. The number of alkyl halides is 1. The van der Waals surface area contributed by atoms with Crippen LogP contribution in [0.2, 0.25) is 0 Å². The number of nitrogens with zero attached hydrogens (tertiary/aromatic N) is 3. The van der Waals surface area contributed by atoms with Crippen molar-refractivity contribution in [3.8, 4) is 11.5 Å². The Morgan fingerprint density at radius 2 is 2.15 bits per heavy atom. The number of aromatic nitrogens is 3. The topological polar surface area (TPSA) is 49.2 Å². The van der Waals surface area contributed by atoms with Gasteiger partial charge in [-0.05, 0) is 12.5 Å². The van der Waals surface area contributed by atoms with Gasteiger partial charge in [0.05, 0.1) is 12.5 Å². The highest BCUT2D eigenvalue weighted by Crippen LogP contribution is 2.27. The van der Waals surface area contributed by atoms with Gasteiger partial charge in [0, 0.05) is 18.7 Å². The molecule has 1 aromatic carbocycles. The van der Waals surface area contributed by atoms with Gasteiger partial charge in [-0.15, -0.1) is 11.6 Å². The van der Waals surface area contributed by atoms with Crippen molar-refractivity contribution in [3.05, 3.63) is 35.9 Å². The molecule has 0 fully saturated rings. The van der Waals surface area contributed by atoms with Crippen LogP contribution in [0.1, 0.15) is 24.7 Å². The first-order chi connectivity index (χ1) is 9.74. The second-order valence-electron chi connectivity index (χ2n) is 4.34. The number of aryl methyl sites for hydroxylation is 1. The molecule has 0 saturated heterocycles. The Morgan fingerprint density at radius 3 is 2.80 bits per heavy atom. The first-order valence-electron chi connectivity index (χ1n) is 6.52. The highest BCUT2D eigenvalue weighted by atomic mass is 35.5. The zero-order valence-electron chi connectivity index (χ0n) is 11.7. The monoisotopic (exact) mass is 295 g/mol. The van der Waals surface area contributed by atoms with Crippen molar-refractivity contribution in [2.75, 3.05) is 6.61 Å². The summed E-state index contributed by atoms with van der Waals surface area (Å²) in [5, 5.41) is 4.00. The largest absolute Gasteiger partial charge is 0.493 e. The molecule has 0 unspecified atom stereocenters. The quantitative estimate of drug-likeness (QED) is 0.737. The Kier molecular flexibility index (Phi) is 5.24. The van der Waals surface area contributed by atoms with Crippen LogP contribution in [0.3, 0.4) is 0 Å². The highest BCUT2D eigenvalue weighted by molar-refractivity contribution is 6.17. The van der Waals surface area contributed by atoms with Crippen molar-refractivity contribution in [2.45, 2.75) is 25.8 Å². The lowest BCUT2D eigenvalue weighted by Gasteiger charge is -2.12. The van der Waals surface area contributed by atoms with Gasteiger partial charge in [0.15, 0.2) is 5.82 Å². The maximum absolute atomic E-state index is 5.93. The molecule has 1 aromatic heterocycles. The van der Waals surface area contributed by atoms with Crippen molar-refractivity contribution < 1.29 is 9.47 Å². The lowest BCUT2D eigenvalue weighted by atomic mass is 10.2. The molecule has 2 aromatic rings. The molecule has 6 heteroatoms. The molecule has 0 bridgehead atoms. The molecule has 1 heterocycles. The molecule has 2 rings (SSSR count). The van der Waals surface area contributed by atoms with Gasteiger partial charge in [0.2, 0.25) is 0 Å². The zero-order valence-corrected chi connectivity index (χ0v) is 12.4. The molecule has 0 N–H and O–H groups in total. The summed E-state index contributed by atoms with van der Waals surface area (Å²) < 4.78 is 13.1. The van der Waals surface area contributed by atoms with E-state index < -0.39 is 0 Å². The SMILES string of the molecule is CCCOc1ccc(CCl)c(OCc2ncnn2C)c1. The van der Waals surface area contributed by atoms with E-state index in [2.05, 4.69) is 17.0 Å². The summed E-state index contributed by atoms with van der Waals surface area (Å²) in [7, 11) is 1.83. The van der Waals surface area contributed by atoms with Crippen LogP contribution in [0.5, 0.6) is 11.5 Å². The molecule has 0 aliphatic carbocycles. The Morgan fingerprint density at radius 1 is 1.30 bits per heavy atom. The summed E-state index contributed by atoms with van der Waals surface area (Å²) in [6, 6.07) is 5.69. The van der Waals surface area contributed by atoms with Crippen molar-refractivity contribution >= 4 is 11.6 Å². The predicted octanol–water partition coefficient (Wildman–Crippen LogP) is 2.92. The van der Waals surface area contributed by atoms with Crippen LogP contribution in [-0.2, 0) is 19.5 Å². The van der Waals surface area contributed by atoms with E-state index in [0.29, 0.717) is 19.1 Å². The van der Waals surface area contributed by atoms with Gasteiger partial charge in [0.25, 0.3) is 0 Å². The summed E-state index contributed by atoms with van der Waals surface area (Å²) in [6.45, 7) is 3.10. The molecule has 5 nitrogen and oxygen atoms in total. The van der Waals surface area contributed by atoms with E-state index in [1.165, 1.54) is 6.33 Å². The molecule has 0 spiro atoms. The van der Waals surface area contributed by atoms with Gasteiger partial charge in [-0.2, -0.15) is 5.10 Å². The second-order valence-corrected chi connectivity index (χ2v) is 4.61. The summed E-state index contributed by atoms with van der Waals surface area (Å²) >= 11 is 5.93. The average molecular weight is 296 g/mol. The Bertz CT molecular complexity index is 557. The van der Waals surface area contributed by atoms with Crippen molar-refractivity contribution in [2.24, 2.45) is 7.05 Å². The van der Waals surface area contributed by atoms with Gasteiger partial charge in [-0.3, -0.25) is 4.68 Å². The summed E-state index contributed by atoms with van der Waals surface area (Å²) in [5.41, 5.74) is 0.928. The number of ether oxygens (including phenoxy) is 2. The Labute approximate surface area is 123 Å².